The standard InChI is InChI=1S/C21H26N10O6S/c1-12(17(35-4)14-9-23-15(34-3)10-22-14)38(32,33)29-21-27-26-18(13-7-8-30(2)28-13)31(21)16-19(36-5)24-11-25-20(16)37-6/h7-12,17H,1-6H3,(H,27,29)/t12-,17-/m0/s1. The summed E-state index contributed by atoms with van der Waals surface area (Å²) in [4.78, 5) is 16.6. The lowest BCUT2D eigenvalue weighted by atomic mass is 10.2. The van der Waals surface area contributed by atoms with Crippen molar-refractivity contribution in [3.8, 4) is 34.8 Å². The number of nitrogens with one attached hydrogen (secondary N) is 1. The molecule has 0 amide bonds. The molecule has 2 atom stereocenters. The lowest BCUT2D eigenvalue weighted by molar-refractivity contribution is 0.0984. The van der Waals surface area contributed by atoms with Gasteiger partial charge in [0.1, 0.15) is 23.4 Å². The van der Waals surface area contributed by atoms with E-state index in [0.717, 1.165) is 0 Å². The minimum absolute atomic E-state index is 0.0885. The monoisotopic (exact) mass is 546 g/mol. The zero-order valence-corrected chi connectivity index (χ0v) is 22.2. The number of hydrogen-bond acceptors (Lipinski definition) is 13. The van der Waals surface area contributed by atoms with E-state index in [4.69, 9.17) is 18.9 Å². The maximum absolute atomic E-state index is 13.6. The van der Waals surface area contributed by atoms with Crippen molar-refractivity contribution in [3.63, 3.8) is 0 Å². The second kappa shape index (κ2) is 10.9. The summed E-state index contributed by atoms with van der Waals surface area (Å²) in [6.45, 7) is 1.47. The predicted molar refractivity (Wildman–Crippen MR) is 133 cm³/mol. The van der Waals surface area contributed by atoms with Crippen molar-refractivity contribution in [2.24, 2.45) is 7.05 Å². The summed E-state index contributed by atoms with van der Waals surface area (Å²) in [5.74, 6) is 0.461. The van der Waals surface area contributed by atoms with Crippen LogP contribution in [0.1, 0.15) is 18.7 Å². The fraction of sp³-hybridized carbons (Fsp3) is 0.381. The highest BCUT2D eigenvalue weighted by Crippen LogP contribution is 2.35. The molecular weight excluding hydrogens is 520 g/mol. The van der Waals surface area contributed by atoms with Crippen molar-refractivity contribution in [2.45, 2.75) is 18.3 Å². The highest BCUT2D eigenvalue weighted by molar-refractivity contribution is 7.93. The van der Waals surface area contributed by atoms with Gasteiger partial charge in [-0.3, -0.25) is 14.4 Å². The van der Waals surface area contributed by atoms with Gasteiger partial charge in [0.05, 0.1) is 39.4 Å². The zero-order valence-electron chi connectivity index (χ0n) is 21.4. The van der Waals surface area contributed by atoms with Crippen LogP contribution in [0.4, 0.5) is 5.95 Å². The topological polar surface area (TPSA) is 183 Å². The van der Waals surface area contributed by atoms with E-state index >= 15 is 0 Å². The van der Waals surface area contributed by atoms with Crippen molar-refractivity contribution in [2.75, 3.05) is 33.2 Å². The van der Waals surface area contributed by atoms with Gasteiger partial charge in [0.2, 0.25) is 33.6 Å². The Morgan fingerprint density at radius 3 is 2.18 bits per heavy atom. The van der Waals surface area contributed by atoms with Gasteiger partial charge in [-0.1, -0.05) is 0 Å². The first kappa shape index (κ1) is 26.7. The highest BCUT2D eigenvalue weighted by Gasteiger charge is 2.35. The molecule has 0 bridgehead atoms. The zero-order chi connectivity index (χ0) is 27.4. The minimum Gasteiger partial charge on any atom is -0.480 e. The van der Waals surface area contributed by atoms with Crippen LogP contribution in [-0.4, -0.2) is 86.6 Å². The molecule has 4 heterocycles. The fourth-order valence-corrected chi connectivity index (χ4v) is 4.76. The molecule has 0 radical (unpaired) electrons. The highest BCUT2D eigenvalue weighted by atomic mass is 32.2. The van der Waals surface area contributed by atoms with Gasteiger partial charge in [0.25, 0.3) is 0 Å². The SMILES string of the molecule is COc1cnc([C@@H](OC)[C@H](C)S(=O)(=O)Nc2nnc(-c3ccn(C)n3)n2-c2c(OC)ncnc2OC)cn1. The van der Waals surface area contributed by atoms with Gasteiger partial charge in [0.15, 0.2) is 11.5 Å². The van der Waals surface area contributed by atoms with Crippen molar-refractivity contribution >= 4 is 16.0 Å². The fourth-order valence-electron chi connectivity index (χ4n) is 3.61. The van der Waals surface area contributed by atoms with E-state index in [9.17, 15) is 8.42 Å². The molecule has 0 fully saturated rings. The van der Waals surface area contributed by atoms with Crippen molar-refractivity contribution in [3.05, 3.63) is 36.7 Å². The number of nitrogens with zero attached hydrogens (tertiary/aromatic N) is 9. The lowest BCUT2D eigenvalue weighted by Gasteiger charge is -2.23. The Kier molecular flexibility index (Phi) is 7.67. The van der Waals surface area contributed by atoms with Crippen LogP contribution in [0.2, 0.25) is 0 Å². The number of hydrogen-bond donors (Lipinski definition) is 1. The second-order valence-electron chi connectivity index (χ2n) is 7.79. The van der Waals surface area contributed by atoms with Gasteiger partial charge in [-0.05, 0) is 13.0 Å². The average Bonchev–Trinajstić information content (AvgIpc) is 3.54. The minimum atomic E-state index is -4.17. The molecule has 0 aliphatic carbocycles. The average molecular weight is 547 g/mol. The Hall–Kier alpha value is -4.38. The number of rotatable bonds is 11. The molecule has 0 saturated carbocycles. The molecule has 4 aromatic heterocycles. The normalized spacial score (nSPS) is 13.1. The van der Waals surface area contributed by atoms with E-state index in [2.05, 4.69) is 40.0 Å². The summed E-state index contributed by atoms with van der Waals surface area (Å²) in [6.07, 6.45) is 4.74. The molecule has 17 heteroatoms. The van der Waals surface area contributed by atoms with Crippen LogP contribution in [0.15, 0.2) is 31.0 Å². The molecule has 202 valence electrons. The quantitative estimate of drug-likeness (QED) is 0.279. The summed E-state index contributed by atoms with van der Waals surface area (Å²) in [5, 5.41) is 11.5. The number of aromatic nitrogens is 9. The smallest absolute Gasteiger partial charge is 0.245 e. The number of aryl methyl sites for hydroxylation is 1. The molecule has 4 aromatic rings. The molecule has 38 heavy (non-hydrogen) atoms. The number of anilines is 1. The number of ether oxygens (including phenoxy) is 4. The first-order valence-corrected chi connectivity index (χ1v) is 12.6. The predicted octanol–water partition coefficient (Wildman–Crippen LogP) is 0.791. The van der Waals surface area contributed by atoms with Crippen LogP contribution in [0.3, 0.4) is 0 Å². The Balaban J connectivity index is 1.80. The van der Waals surface area contributed by atoms with Crippen LogP contribution >= 0.6 is 0 Å². The largest absolute Gasteiger partial charge is 0.480 e. The maximum Gasteiger partial charge on any atom is 0.245 e. The van der Waals surface area contributed by atoms with Gasteiger partial charge in [-0.15, -0.1) is 10.2 Å². The summed E-state index contributed by atoms with van der Waals surface area (Å²) in [7, 11) is 3.20. The molecule has 0 aliphatic rings. The molecule has 0 unspecified atom stereocenters. The van der Waals surface area contributed by atoms with Crippen molar-refractivity contribution < 1.29 is 27.4 Å². The van der Waals surface area contributed by atoms with E-state index in [0.29, 0.717) is 11.4 Å². The third-order valence-corrected chi connectivity index (χ3v) is 7.22. The van der Waals surface area contributed by atoms with Crippen LogP contribution in [0.5, 0.6) is 17.6 Å². The Morgan fingerprint density at radius 2 is 1.66 bits per heavy atom. The number of sulfonamides is 1. The molecule has 0 aromatic carbocycles. The third-order valence-electron chi connectivity index (χ3n) is 5.52. The molecule has 0 spiro atoms. The number of methoxy groups -OCH3 is 4. The van der Waals surface area contributed by atoms with E-state index in [-0.39, 0.29) is 35.1 Å². The van der Waals surface area contributed by atoms with Gasteiger partial charge in [-0.2, -0.15) is 15.1 Å². The Bertz CT molecular complexity index is 1480. The first-order chi connectivity index (χ1) is 18.2. The van der Waals surface area contributed by atoms with Gasteiger partial charge >= 0.3 is 0 Å². The lowest BCUT2D eigenvalue weighted by Crippen LogP contribution is -2.33. The van der Waals surface area contributed by atoms with E-state index in [1.54, 1.807) is 24.0 Å². The van der Waals surface area contributed by atoms with E-state index in [1.165, 1.54) is 58.7 Å². The Labute approximate surface area is 218 Å². The second-order valence-corrected chi connectivity index (χ2v) is 9.83. The van der Waals surface area contributed by atoms with Gasteiger partial charge < -0.3 is 18.9 Å². The Morgan fingerprint density at radius 1 is 0.947 bits per heavy atom. The van der Waals surface area contributed by atoms with Crippen LogP contribution in [0.25, 0.3) is 17.2 Å². The van der Waals surface area contributed by atoms with Crippen LogP contribution < -0.4 is 18.9 Å². The van der Waals surface area contributed by atoms with E-state index < -0.39 is 21.4 Å². The summed E-state index contributed by atoms with van der Waals surface area (Å²) >= 11 is 0. The first-order valence-electron chi connectivity index (χ1n) is 11.0. The molecule has 4 rings (SSSR count). The third kappa shape index (κ3) is 5.05. The van der Waals surface area contributed by atoms with Crippen LogP contribution in [-0.2, 0) is 21.8 Å². The molecule has 0 saturated heterocycles. The van der Waals surface area contributed by atoms with Crippen molar-refractivity contribution in [1.29, 1.82) is 0 Å². The molecule has 1 N–H and O–H groups in total. The maximum atomic E-state index is 13.6. The van der Waals surface area contributed by atoms with Gasteiger partial charge in [-0.25, -0.2) is 18.0 Å². The summed E-state index contributed by atoms with van der Waals surface area (Å²) < 4.78 is 53.9. The van der Waals surface area contributed by atoms with Gasteiger partial charge in [0, 0.05) is 20.4 Å². The van der Waals surface area contributed by atoms with Crippen LogP contribution in [0, 0.1) is 0 Å². The molecule has 16 nitrogen and oxygen atoms in total. The summed E-state index contributed by atoms with van der Waals surface area (Å²) in [6, 6.07) is 1.69. The molecule has 0 aliphatic heterocycles. The van der Waals surface area contributed by atoms with Crippen molar-refractivity contribution in [1.82, 2.24) is 44.5 Å². The van der Waals surface area contributed by atoms with E-state index in [1.807, 2.05) is 0 Å². The molecular formula is C21H26N10O6S. The summed E-state index contributed by atoms with van der Waals surface area (Å²) in [5.41, 5.74) is 0.856.